The van der Waals surface area contributed by atoms with E-state index in [0.717, 1.165) is 11.4 Å². The van der Waals surface area contributed by atoms with Crippen molar-refractivity contribution < 1.29 is 4.79 Å². The number of carbonyl (C=O) groups excluding carboxylic acids is 1. The molecule has 3 rings (SSSR count). The molecule has 1 aliphatic rings. The average molecular weight is 371 g/mol. The van der Waals surface area contributed by atoms with Crippen LogP contribution in [0.1, 0.15) is 41.1 Å². The third-order valence-corrected chi connectivity index (χ3v) is 4.44. The quantitative estimate of drug-likeness (QED) is 0.759. The number of carbonyl (C=O) groups is 1. The van der Waals surface area contributed by atoms with Crippen LogP contribution in [-0.2, 0) is 0 Å². The Morgan fingerprint density at radius 2 is 2.12 bits per heavy atom. The highest BCUT2D eigenvalue weighted by molar-refractivity contribution is 6.33. The lowest BCUT2D eigenvalue weighted by Gasteiger charge is -2.11. The summed E-state index contributed by atoms with van der Waals surface area (Å²) in [5.41, 5.74) is 1.54. The molecule has 0 atom stereocenters. The molecule has 7 nitrogen and oxygen atoms in total. The van der Waals surface area contributed by atoms with Crippen LogP contribution in [0.3, 0.4) is 0 Å². The van der Waals surface area contributed by atoms with Gasteiger partial charge in [-0.2, -0.15) is 15.3 Å². The number of hydrogen-bond donors (Lipinski definition) is 1. The predicted octanol–water partition coefficient (Wildman–Crippen LogP) is 3.23. The highest BCUT2D eigenvalue weighted by Crippen LogP contribution is 2.36. The number of hydrogen-bond acceptors (Lipinski definition) is 5. The zero-order valence-corrected chi connectivity index (χ0v) is 15.4. The number of pyridine rings is 1. The Labute approximate surface area is 156 Å². The minimum absolute atomic E-state index is 0.166. The minimum Gasteiger partial charge on any atom is -0.350 e. The van der Waals surface area contributed by atoms with Crippen molar-refractivity contribution in [3.8, 4) is 18.2 Å². The molecule has 1 amide bonds. The van der Waals surface area contributed by atoms with Gasteiger partial charge in [-0.25, -0.2) is 9.67 Å². The van der Waals surface area contributed by atoms with Crippen LogP contribution in [-0.4, -0.2) is 32.9 Å². The number of nitrogens with one attached hydrogen (secondary N) is 1. The van der Waals surface area contributed by atoms with E-state index in [0.29, 0.717) is 31.6 Å². The summed E-state index contributed by atoms with van der Waals surface area (Å²) < 4.78 is 1.68. The molecule has 3 heterocycles. The van der Waals surface area contributed by atoms with Crippen molar-refractivity contribution in [3.05, 3.63) is 40.3 Å². The lowest BCUT2D eigenvalue weighted by Crippen LogP contribution is -2.29. The molecule has 0 fully saturated rings. The van der Waals surface area contributed by atoms with Crippen LogP contribution in [0.4, 0.5) is 0 Å². The first kappa shape index (κ1) is 18.1. The van der Waals surface area contributed by atoms with Crippen LogP contribution in [0.5, 0.6) is 0 Å². The van der Waals surface area contributed by atoms with Crippen LogP contribution in [0.2, 0.25) is 5.02 Å². The van der Waals surface area contributed by atoms with Gasteiger partial charge in [0.1, 0.15) is 5.69 Å². The van der Waals surface area contributed by atoms with Crippen molar-refractivity contribution in [2.24, 2.45) is 10.2 Å². The molecule has 0 saturated carbocycles. The van der Waals surface area contributed by atoms with Crippen molar-refractivity contribution in [3.63, 3.8) is 0 Å². The van der Waals surface area contributed by atoms with Crippen molar-refractivity contribution in [2.45, 2.75) is 38.8 Å². The maximum Gasteiger partial charge on any atom is 0.271 e. The number of aromatic nitrogens is 3. The number of nitrogens with zero attached hydrogens (tertiary/aromatic N) is 5. The molecule has 0 aliphatic carbocycles. The standard InChI is InChI=1S/C18H19ClN6O/c1-4-5-8-18(23-24-18)9-10-20-17(26)16-14(19)6-7-15(21-16)25-13(3)11-12(2)22-25/h1,6-7,11H,5,8-10H2,2-3H3,(H,20,26). The third kappa shape index (κ3) is 3.92. The first-order valence-electron chi connectivity index (χ1n) is 8.30. The normalized spacial score (nSPS) is 14.1. The molecule has 2 aromatic heterocycles. The van der Waals surface area contributed by atoms with E-state index in [-0.39, 0.29) is 16.6 Å². The van der Waals surface area contributed by atoms with Gasteiger partial charge >= 0.3 is 0 Å². The van der Waals surface area contributed by atoms with Crippen LogP contribution in [0, 0.1) is 26.2 Å². The molecule has 0 aromatic carbocycles. The Morgan fingerprint density at radius 1 is 1.35 bits per heavy atom. The predicted molar refractivity (Wildman–Crippen MR) is 98.4 cm³/mol. The molecular formula is C18H19ClN6O. The van der Waals surface area contributed by atoms with Gasteiger partial charge in [0.2, 0.25) is 0 Å². The Bertz CT molecular complexity index is 905. The maximum absolute atomic E-state index is 12.5. The largest absolute Gasteiger partial charge is 0.350 e. The molecule has 134 valence electrons. The Hall–Kier alpha value is -2.72. The number of amides is 1. The van der Waals surface area contributed by atoms with Crippen molar-refractivity contribution in [2.75, 3.05) is 6.54 Å². The maximum atomic E-state index is 12.5. The monoisotopic (exact) mass is 370 g/mol. The van der Waals surface area contributed by atoms with Gasteiger partial charge < -0.3 is 5.32 Å². The Kier molecular flexibility index (Phi) is 5.05. The number of rotatable bonds is 7. The van der Waals surface area contributed by atoms with Gasteiger partial charge in [0.15, 0.2) is 11.5 Å². The zero-order chi connectivity index (χ0) is 18.7. The van der Waals surface area contributed by atoms with E-state index in [1.54, 1.807) is 16.8 Å². The highest BCUT2D eigenvalue weighted by atomic mass is 35.5. The topological polar surface area (TPSA) is 84.5 Å². The van der Waals surface area contributed by atoms with Gasteiger partial charge in [-0.05, 0) is 32.0 Å². The summed E-state index contributed by atoms with van der Waals surface area (Å²) in [7, 11) is 0. The number of aryl methyl sites for hydroxylation is 2. The van der Waals surface area contributed by atoms with E-state index in [9.17, 15) is 4.79 Å². The van der Waals surface area contributed by atoms with Gasteiger partial charge in [-0.3, -0.25) is 4.79 Å². The molecule has 8 heteroatoms. The summed E-state index contributed by atoms with van der Waals surface area (Å²) in [6, 6.07) is 5.32. The molecule has 2 aromatic rings. The fourth-order valence-corrected chi connectivity index (χ4v) is 2.89. The molecule has 26 heavy (non-hydrogen) atoms. The summed E-state index contributed by atoms with van der Waals surface area (Å²) in [4.78, 5) is 16.9. The molecule has 0 saturated heterocycles. The Morgan fingerprint density at radius 3 is 2.73 bits per heavy atom. The fourth-order valence-electron chi connectivity index (χ4n) is 2.70. The molecule has 1 aliphatic heterocycles. The SMILES string of the molecule is C#CCCC1(CCNC(=O)c2nc(-n3nc(C)cc3C)ccc2Cl)N=N1. The second kappa shape index (κ2) is 7.26. The van der Waals surface area contributed by atoms with Crippen molar-refractivity contribution in [1.29, 1.82) is 0 Å². The van der Waals surface area contributed by atoms with Gasteiger partial charge in [0.05, 0.1) is 10.7 Å². The minimum atomic E-state index is -0.428. The van der Waals surface area contributed by atoms with Crippen LogP contribution in [0.25, 0.3) is 5.82 Å². The van der Waals surface area contributed by atoms with Gasteiger partial charge in [0, 0.05) is 31.5 Å². The zero-order valence-electron chi connectivity index (χ0n) is 14.7. The number of halogens is 1. The van der Waals surface area contributed by atoms with Gasteiger partial charge in [-0.1, -0.05) is 11.6 Å². The lowest BCUT2D eigenvalue weighted by atomic mass is 10.0. The summed E-state index contributed by atoms with van der Waals surface area (Å²) in [5, 5.41) is 15.6. The smallest absolute Gasteiger partial charge is 0.271 e. The van der Waals surface area contributed by atoms with E-state index in [1.807, 2.05) is 19.9 Å². The average Bonchev–Trinajstić information content (AvgIpc) is 3.30. The van der Waals surface area contributed by atoms with Crippen LogP contribution >= 0.6 is 11.6 Å². The molecule has 1 N–H and O–H groups in total. The van der Waals surface area contributed by atoms with Gasteiger partial charge in [-0.15, -0.1) is 12.3 Å². The molecule has 0 spiro atoms. The summed E-state index contributed by atoms with van der Waals surface area (Å²) in [6.45, 7) is 4.24. The molecule has 0 bridgehead atoms. The second-order valence-corrected chi connectivity index (χ2v) is 6.64. The van der Waals surface area contributed by atoms with E-state index < -0.39 is 5.66 Å². The van der Waals surface area contributed by atoms with E-state index >= 15 is 0 Å². The van der Waals surface area contributed by atoms with Crippen LogP contribution in [0.15, 0.2) is 28.4 Å². The first-order valence-corrected chi connectivity index (χ1v) is 8.68. The second-order valence-electron chi connectivity index (χ2n) is 6.23. The highest BCUT2D eigenvalue weighted by Gasteiger charge is 2.38. The van der Waals surface area contributed by atoms with E-state index in [2.05, 4.69) is 31.5 Å². The Balaban J connectivity index is 1.67. The lowest BCUT2D eigenvalue weighted by molar-refractivity contribution is 0.0947. The third-order valence-electron chi connectivity index (χ3n) is 4.14. The summed E-state index contributed by atoms with van der Waals surface area (Å²) >= 11 is 6.16. The number of terminal acetylenes is 1. The van der Waals surface area contributed by atoms with Crippen molar-refractivity contribution >= 4 is 17.5 Å². The van der Waals surface area contributed by atoms with Crippen LogP contribution < -0.4 is 5.32 Å². The molecular weight excluding hydrogens is 352 g/mol. The van der Waals surface area contributed by atoms with E-state index in [4.69, 9.17) is 18.0 Å². The van der Waals surface area contributed by atoms with Crippen molar-refractivity contribution in [1.82, 2.24) is 20.1 Å². The first-order chi connectivity index (χ1) is 12.4. The molecule has 0 unspecified atom stereocenters. The van der Waals surface area contributed by atoms with Gasteiger partial charge in [0.25, 0.3) is 5.91 Å². The fraction of sp³-hybridized carbons (Fsp3) is 0.389. The summed E-state index contributed by atoms with van der Waals surface area (Å²) in [5.74, 6) is 2.78. The molecule has 0 radical (unpaired) electrons. The van der Waals surface area contributed by atoms with E-state index in [1.165, 1.54) is 0 Å². The summed E-state index contributed by atoms with van der Waals surface area (Å²) in [6.07, 6.45) is 7.19.